The minimum absolute atomic E-state index is 0.0147. The third-order valence-electron chi connectivity index (χ3n) is 4.55. The minimum atomic E-state index is -4.18. The molecule has 0 aliphatic rings. The smallest absolute Gasteiger partial charge is 0.301 e. The van der Waals surface area contributed by atoms with Crippen molar-refractivity contribution in [3.8, 4) is 0 Å². The van der Waals surface area contributed by atoms with E-state index in [4.69, 9.17) is 5.11 Å². The fourth-order valence-electron chi connectivity index (χ4n) is 2.79. The number of nitrogens with one attached hydrogen (secondary N) is 2. The molecule has 0 aromatic heterocycles. The summed E-state index contributed by atoms with van der Waals surface area (Å²) in [7, 11) is -2.87. The second-order valence-electron chi connectivity index (χ2n) is 6.87. The quantitative estimate of drug-likeness (QED) is 0.339. The number of hydrogen-bond acceptors (Lipinski definition) is 4. The van der Waals surface area contributed by atoms with Crippen LogP contribution in [0.4, 0.5) is 30.2 Å². The molecule has 0 saturated carbocycles. The lowest BCUT2D eigenvalue weighted by Gasteiger charge is -2.21. The molecule has 3 aromatic carbocycles. The molecule has 0 aliphatic heterocycles. The largest absolute Gasteiger partial charge is 0.392 e. The summed E-state index contributed by atoms with van der Waals surface area (Å²) in [6.45, 7) is -0.151. The standard InChI is InChI=1S/C21H19F3IN3O3S/c1-28(11-13-2-4-14(12-29)5-3-13)32(30,31)27-19-9-7-16(22)20(24)21(19)26-18-8-6-15(25)10-17(18)23/h2-10,26-27,29H,11-12H2,1H3. The van der Waals surface area contributed by atoms with Crippen LogP contribution < -0.4 is 10.0 Å². The van der Waals surface area contributed by atoms with Crippen LogP contribution in [0.3, 0.4) is 0 Å². The van der Waals surface area contributed by atoms with Crippen LogP contribution in [-0.4, -0.2) is 24.9 Å². The van der Waals surface area contributed by atoms with Gasteiger partial charge >= 0.3 is 10.2 Å². The summed E-state index contributed by atoms with van der Waals surface area (Å²) in [4.78, 5) is 0. The maximum atomic E-state index is 14.5. The van der Waals surface area contributed by atoms with Crippen LogP contribution in [0.5, 0.6) is 0 Å². The highest BCUT2D eigenvalue weighted by Gasteiger charge is 2.23. The van der Waals surface area contributed by atoms with Gasteiger partial charge in [0, 0.05) is 17.2 Å². The molecule has 170 valence electrons. The molecule has 0 atom stereocenters. The lowest BCUT2D eigenvalue weighted by molar-refractivity contribution is 0.282. The van der Waals surface area contributed by atoms with Gasteiger partial charge < -0.3 is 10.4 Å². The number of halogens is 4. The van der Waals surface area contributed by atoms with Crippen molar-refractivity contribution >= 4 is 49.9 Å². The van der Waals surface area contributed by atoms with Gasteiger partial charge in [-0.25, -0.2) is 13.2 Å². The predicted octanol–water partition coefficient (Wildman–Crippen LogP) is 4.73. The Bertz CT molecular complexity index is 1220. The van der Waals surface area contributed by atoms with Crippen molar-refractivity contribution in [3.63, 3.8) is 0 Å². The van der Waals surface area contributed by atoms with Crippen LogP contribution in [0.25, 0.3) is 0 Å². The molecule has 0 amide bonds. The maximum absolute atomic E-state index is 14.5. The van der Waals surface area contributed by atoms with Gasteiger partial charge in [0.05, 0.1) is 18.0 Å². The van der Waals surface area contributed by atoms with Crippen molar-refractivity contribution in [3.05, 3.63) is 86.7 Å². The Kier molecular flexibility index (Phi) is 7.64. The van der Waals surface area contributed by atoms with Gasteiger partial charge in [0.15, 0.2) is 11.6 Å². The summed E-state index contributed by atoms with van der Waals surface area (Å²) in [5.74, 6) is -3.29. The molecule has 0 radical (unpaired) electrons. The molecule has 0 spiro atoms. The van der Waals surface area contributed by atoms with Gasteiger partial charge in [0.2, 0.25) is 0 Å². The van der Waals surface area contributed by atoms with Crippen LogP contribution in [0, 0.1) is 21.0 Å². The average Bonchev–Trinajstić information content (AvgIpc) is 2.75. The van der Waals surface area contributed by atoms with E-state index in [9.17, 15) is 21.6 Å². The van der Waals surface area contributed by atoms with Crippen LogP contribution in [-0.2, 0) is 23.4 Å². The summed E-state index contributed by atoms with van der Waals surface area (Å²) in [5, 5.41) is 11.5. The third kappa shape index (κ3) is 5.71. The van der Waals surface area contributed by atoms with Gasteiger partial charge in [-0.05, 0) is 64.0 Å². The number of nitrogens with zero attached hydrogens (tertiary/aromatic N) is 1. The molecule has 0 saturated heterocycles. The predicted molar refractivity (Wildman–Crippen MR) is 125 cm³/mol. The van der Waals surface area contributed by atoms with Crippen LogP contribution >= 0.6 is 22.6 Å². The van der Waals surface area contributed by atoms with E-state index in [0.29, 0.717) is 14.7 Å². The van der Waals surface area contributed by atoms with Crippen molar-refractivity contribution < 1.29 is 26.7 Å². The molecule has 3 aromatic rings. The van der Waals surface area contributed by atoms with Crippen molar-refractivity contribution in [1.82, 2.24) is 4.31 Å². The van der Waals surface area contributed by atoms with E-state index < -0.39 is 33.3 Å². The van der Waals surface area contributed by atoms with E-state index in [1.54, 1.807) is 30.3 Å². The first-order chi connectivity index (χ1) is 15.1. The first-order valence-corrected chi connectivity index (χ1v) is 11.8. The second-order valence-corrected chi connectivity index (χ2v) is 9.89. The van der Waals surface area contributed by atoms with Crippen LogP contribution in [0.1, 0.15) is 11.1 Å². The van der Waals surface area contributed by atoms with Gasteiger partial charge in [-0.3, -0.25) is 4.72 Å². The van der Waals surface area contributed by atoms with Gasteiger partial charge in [-0.1, -0.05) is 24.3 Å². The van der Waals surface area contributed by atoms with Crippen LogP contribution in [0.2, 0.25) is 0 Å². The average molecular weight is 577 g/mol. The molecule has 0 heterocycles. The highest BCUT2D eigenvalue weighted by Crippen LogP contribution is 2.32. The Labute approximate surface area is 197 Å². The Balaban J connectivity index is 1.87. The molecular weight excluding hydrogens is 558 g/mol. The Hall–Kier alpha value is -2.35. The van der Waals surface area contributed by atoms with Gasteiger partial charge in [0.1, 0.15) is 11.5 Å². The zero-order valence-electron chi connectivity index (χ0n) is 16.7. The number of anilines is 3. The van der Waals surface area contributed by atoms with E-state index >= 15 is 0 Å². The first-order valence-electron chi connectivity index (χ1n) is 9.23. The van der Waals surface area contributed by atoms with E-state index in [1.807, 2.05) is 22.6 Å². The van der Waals surface area contributed by atoms with E-state index in [-0.39, 0.29) is 24.5 Å². The van der Waals surface area contributed by atoms with Crippen molar-refractivity contribution in [2.24, 2.45) is 0 Å². The molecule has 0 bridgehead atoms. The highest BCUT2D eigenvalue weighted by molar-refractivity contribution is 14.1. The number of aliphatic hydroxyl groups is 1. The Morgan fingerprint density at radius 3 is 2.19 bits per heavy atom. The molecule has 3 rings (SSSR count). The fourth-order valence-corrected chi connectivity index (χ4v) is 4.17. The summed E-state index contributed by atoms with van der Waals surface area (Å²) >= 11 is 1.90. The van der Waals surface area contributed by atoms with E-state index in [1.165, 1.54) is 19.2 Å². The number of hydrogen-bond donors (Lipinski definition) is 3. The lowest BCUT2D eigenvalue weighted by atomic mass is 10.1. The third-order valence-corrected chi connectivity index (χ3v) is 6.64. The van der Waals surface area contributed by atoms with Crippen LogP contribution in [0.15, 0.2) is 54.6 Å². The lowest BCUT2D eigenvalue weighted by Crippen LogP contribution is -2.32. The first kappa shape index (κ1) is 24.3. The molecule has 0 fully saturated rings. The normalized spacial score (nSPS) is 11.6. The van der Waals surface area contributed by atoms with Gasteiger partial charge in [-0.15, -0.1) is 0 Å². The van der Waals surface area contributed by atoms with Gasteiger partial charge in [0.25, 0.3) is 0 Å². The van der Waals surface area contributed by atoms with Crippen molar-refractivity contribution in [2.75, 3.05) is 17.1 Å². The molecule has 0 aliphatic carbocycles. The molecule has 0 unspecified atom stereocenters. The summed E-state index contributed by atoms with van der Waals surface area (Å²) < 4.78 is 72.0. The minimum Gasteiger partial charge on any atom is -0.392 e. The Morgan fingerprint density at radius 1 is 0.938 bits per heavy atom. The SMILES string of the molecule is CN(Cc1ccc(CO)cc1)S(=O)(=O)Nc1ccc(F)c(F)c1Nc1ccc(I)cc1F. The summed E-state index contributed by atoms with van der Waals surface area (Å²) in [6.07, 6.45) is 0. The number of aliphatic hydroxyl groups excluding tert-OH is 1. The molecule has 11 heteroatoms. The monoisotopic (exact) mass is 577 g/mol. The molecular formula is C21H19F3IN3O3S. The molecule has 3 N–H and O–H groups in total. The zero-order chi connectivity index (χ0) is 23.5. The second kappa shape index (κ2) is 10.1. The number of benzene rings is 3. The zero-order valence-corrected chi connectivity index (χ0v) is 19.7. The fraction of sp³-hybridized carbons (Fsp3) is 0.143. The summed E-state index contributed by atoms with van der Waals surface area (Å²) in [5.41, 5.74) is 0.351. The molecule has 6 nitrogen and oxygen atoms in total. The number of rotatable bonds is 8. The van der Waals surface area contributed by atoms with Gasteiger partial charge in [-0.2, -0.15) is 12.7 Å². The van der Waals surface area contributed by atoms with Crippen molar-refractivity contribution in [2.45, 2.75) is 13.2 Å². The van der Waals surface area contributed by atoms with E-state index in [2.05, 4.69) is 10.0 Å². The van der Waals surface area contributed by atoms with Crippen molar-refractivity contribution in [1.29, 1.82) is 0 Å². The topological polar surface area (TPSA) is 81.7 Å². The Morgan fingerprint density at radius 2 is 1.56 bits per heavy atom. The summed E-state index contributed by atoms with van der Waals surface area (Å²) in [6, 6.07) is 12.6. The maximum Gasteiger partial charge on any atom is 0.301 e. The molecule has 32 heavy (non-hydrogen) atoms. The van der Waals surface area contributed by atoms with E-state index in [0.717, 1.165) is 16.4 Å². The highest BCUT2D eigenvalue weighted by atomic mass is 127.